The van der Waals surface area contributed by atoms with Gasteiger partial charge in [-0.3, -0.25) is 9.98 Å². The molecule has 0 spiro atoms. The molecule has 0 atom stereocenters. The van der Waals surface area contributed by atoms with Gasteiger partial charge in [0, 0.05) is 73.6 Å². The standard InChI is InChI=1S/2C10H7F2N2.2C5H5.Ti/c2*11-8-1-2-10(9(12)7-8)14-5-3-13-4-6-14;2*1-2-4-5-3-1;/h2*1-5H,6H2;2*1-5H;/q4*-1;+4. The van der Waals surface area contributed by atoms with Crippen molar-refractivity contribution in [3.63, 3.8) is 0 Å². The minimum absolute atomic E-state index is 0. The third-order valence-corrected chi connectivity index (χ3v) is 4.85. The van der Waals surface area contributed by atoms with E-state index in [9.17, 15) is 17.6 Å². The van der Waals surface area contributed by atoms with Crippen LogP contribution >= 0.6 is 0 Å². The summed E-state index contributed by atoms with van der Waals surface area (Å²) in [6.45, 7) is 0.958. The van der Waals surface area contributed by atoms with E-state index >= 15 is 0 Å². The summed E-state index contributed by atoms with van der Waals surface area (Å²) in [6.07, 6.45) is 9.64. The van der Waals surface area contributed by atoms with Gasteiger partial charge >= 0.3 is 21.7 Å². The van der Waals surface area contributed by atoms with Crippen LogP contribution in [0.4, 0.5) is 28.9 Å². The Morgan fingerprint density at radius 1 is 0.615 bits per heavy atom. The Labute approximate surface area is 240 Å². The van der Waals surface area contributed by atoms with Gasteiger partial charge < -0.3 is 9.80 Å². The Morgan fingerprint density at radius 3 is 1.26 bits per heavy atom. The second-order valence-electron chi connectivity index (χ2n) is 7.50. The van der Waals surface area contributed by atoms with Gasteiger partial charge in [0.2, 0.25) is 0 Å². The molecular formula is C30H24F4N4Ti. The largest absolute Gasteiger partial charge is 4.00 e. The first-order valence-corrected chi connectivity index (χ1v) is 11.5. The Kier molecular flexibility index (Phi) is 14.0. The first-order chi connectivity index (χ1) is 18.5. The van der Waals surface area contributed by atoms with E-state index in [0.717, 1.165) is 0 Å². The smallest absolute Gasteiger partial charge is 0.392 e. The third-order valence-electron chi connectivity index (χ3n) is 4.85. The molecular weight excluding hydrogens is 540 g/mol. The van der Waals surface area contributed by atoms with Gasteiger partial charge in [-0.1, -0.05) is 0 Å². The minimum atomic E-state index is -0.694. The van der Waals surface area contributed by atoms with E-state index in [2.05, 4.69) is 9.98 Å². The average molecular weight is 564 g/mol. The van der Waals surface area contributed by atoms with E-state index < -0.39 is 23.3 Å². The fraction of sp³-hybridized carbons (Fsp3) is 0.0667. The number of nitrogens with zero attached hydrogens (tertiary/aromatic N) is 4. The zero-order valence-electron chi connectivity index (χ0n) is 20.8. The van der Waals surface area contributed by atoms with Crippen LogP contribution in [-0.4, -0.2) is 25.5 Å². The Morgan fingerprint density at radius 2 is 1.00 bits per heavy atom. The zero-order valence-corrected chi connectivity index (χ0v) is 22.3. The number of hydrogen-bond donors (Lipinski definition) is 0. The number of benzene rings is 2. The summed E-state index contributed by atoms with van der Waals surface area (Å²) >= 11 is 0. The molecule has 4 aromatic carbocycles. The molecule has 4 nitrogen and oxygen atoms in total. The molecule has 196 valence electrons. The van der Waals surface area contributed by atoms with Crippen molar-refractivity contribution >= 4 is 23.8 Å². The summed E-state index contributed by atoms with van der Waals surface area (Å²) in [5.41, 5.74) is 0.600. The van der Waals surface area contributed by atoms with E-state index in [4.69, 9.17) is 0 Å². The molecule has 0 bridgehead atoms. The van der Waals surface area contributed by atoms with Crippen LogP contribution in [0.1, 0.15) is 0 Å². The van der Waals surface area contributed by atoms with E-state index in [1.807, 2.05) is 72.8 Å². The van der Waals surface area contributed by atoms with E-state index in [1.54, 1.807) is 47.0 Å². The summed E-state index contributed by atoms with van der Waals surface area (Å²) in [6, 6.07) is 29.1. The van der Waals surface area contributed by atoms with Gasteiger partial charge in [-0.25, -0.2) is 41.8 Å². The first kappa shape index (κ1) is 31.2. The Balaban J connectivity index is 0.000000199. The van der Waals surface area contributed by atoms with Crippen LogP contribution in [0, 0.1) is 35.4 Å². The summed E-state index contributed by atoms with van der Waals surface area (Å²) in [4.78, 5) is 10.9. The average Bonchev–Trinajstić information content (AvgIpc) is 3.70. The fourth-order valence-electron chi connectivity index (χ4n) is 3.07. The quantitative estimate of drug-likeness (QED) is 0.148. The van der Waals surface area contributed by atoms with Crippen LogP contribution in [-0.2, 0) is 21.7 Å². The van der Waals surface area contributed by atoms with E-state index in [1.165, 1.54) is 24.3 Å². The van der Waals surface area contributed by atoms with Gasteiger partial charge in [-0.05, 0) is 11.4 Å². The SMILES string of the molecule is Fc1[c-]c(F)c(N2C=CN=CC2)cc1.Fc1[c-]c(F)c(N2C=CN=CC2)cc1.[Ti+4].c1cc[cH-]c1.c1cc[cH-]c1. The maximum absolute atomic E-state index is 13.2. The number of halogens is 4. The summed E-state index contributed by atoms with van der Waals surface area (Å²) in [5, 5.41) is 0. The molecule has 2 aliphatic heterocycles. The van der Waals surface area contributed by atoms with Crippen LogP contribution in [0.2, 0.25) is 0 Å². The molecule has 0 aliphatic carbocycles. The third kappa shape index (κ3) is 11.1. The van der Waals surface area contributed by atoms with Crippen molar-refractivity contribution < 1.29 is 39.3 Å². The molecule has 0 unspecified atom stereocenters. The van der Waals surface area contributed by atoms with Gasteiger partial charge in [-0.15, -0.1) is 36.4 Å². The topological polar surface area (TPSA) is 31.2 Å². The molecule has 0 saturated carbocycles. The molecule has 2 aliphatic rings. The number of hydrogen-bond acceptors (Lipinski definition) is 4. The first-order valence-electron chi connectivity index (χ1n) is 11.5. The normalized spacial score (nSPS) is 12.7. The summed E-state index contributed by atoms with van der Waals surface area (Å²) in [7, 11) is 0. The van der Waals surface area contributed by atoms with Crippen LogP contribution in [0.25, 0.3) is 0 Å². The van der Waals surface area contributed by atoms with Crippen LogP contribution in [0.15, 0.2) is 120 Å². The number of anilines is 2. The van der Waals surface area contributed by atoms with Crippen molar-refractivity contribution in [2.24, 2.45) is 9.98 Å². The maximum Gasteiger partial charge on any atom is 4.00 e. The van der Waals surface area contributed by atoms with Gasteiger partial charge in [0.25, 0.3) is 0 Å². The number of rotatable bonds is 2. The molecule has 0 aromatic heterocycles. The van der Waals surface area contributed by atoms with Gasteiger partial charge in [-0.2, -0.15) is 36.4 Å². The van der Waals surface area contributed by atoms with E-state index in [-0.39, 0.29) is 21.7 Å². The zero-order chi connectivity index (χ0) is 27.0. The molecule has 0 saturated heterocycles. The molecule has 0 amide bonds. The van der Waals surface area contributed by atoms with Crippen molar-refractivity contribution in [3.8, 4) is 0 Å². The van der Waals surface area contributed by atoms with Gasteiger partial charge in [0.05, 0.1) is 0 Å². The predicted octanol–water partition coefficient (Wildman–Crippen LogP) is 7.06. The Bertz CT molecular complexity index is 1200. The minimum Gasteiger partial charge on any atom is -0.392 e. The summed E-state index contributed by atoms with van der Waals surface area (Å²) in [5.74, 6) is -2.77. The molecule has 6 rings (SSSR count). The molecule has 0 radical (unpaired) electrons. The van der Waals surface area contributed by atoms with Crippen molar-refractivity contribution in [1.29, 1.82) is 0 Å². The monoisotopic (exact) mass is 564 g/mol. The van der Waals surface area contributed by atoms with Crippen molar-refractivity contribution in [3.05, 3.63) is 145 Å². The molecule has 4 aromatic rings. The second-order valence-corrected chi connectivity index (χ2v) is 7.50. The van der Waals surface area contributed by atoms with E-state index in [0.29, 0.717) is 24.5 Å². The van der Waals surface area contributed by atoms with Gasteiger partial charge in [0.15, 0.2) is 0 Å². The molecule has 0 N–H and O–H groups in total. The second kappa shape index (κ2) is 17.5. The molecule has 39 heavy (non-hydrogen) atoms. The van der Waals surface area contributed by atoms with Crippen LogP contribution in [0.3, 0.4) is 0 Å². The molecule has 2 heterocycles. The molecule has 9 heteroatoms. The predicted molar refractivity (Wildman–Crippen MR) is 144 cm³/mol. The molecule has 0 fully saturated rings. The maximum atomic E-state index is 13.2. The van der Waals surface area contributed by atoms with Crippen LogP contribution in [0.5, 0.6) is 0 Å². The summed E-state index contributed by atoms with van der Waals surface area (Å²) < 4.78 is 51.6. The van der Waals surface area contributed by atoms with Crippen molar-refractivity contribution in [2.45, 2.75) is 0 Å². The van der Waals surface area contributed by atoms with Crippen LogP contribution < -0.4 is 9.80 Å². The van der Waals surface area contributed by atoms with Crippen molar-refractivity contribution in [1.82, 2.24) is 0 Å². The Hall–Kier alpha value is -4.01. The van der Waals surface area contributed by atoms with Crippen molar-refractivity contribution in [2.75, 3.05) is 22.9 Å². The van der Waals surface area contributed by atoms with Gasteiger partial charge in [0.1, 0.15) is 0 Å². The fourth-order valence-corrected chi connectivity index (χ4v) is 3.07. The number of aliphatic imine (C=N–C) groups is 2.